The molecule has 2 aliphatic rings. The van der Waals surface area contributed by atoms with Gasteiger partial charge in [0.15, 0.2) is 5.70 Å². The van der Waals surface area contributed by atoms with Crippen LogP contribution < -0.4 is 0 Å². The van der Waals surface area contributed by atoms with Crippen LogP contribution in [0.3, 0.4) is 0 Å². The SMILES string of the molecule is C=CC[C@]12SC(n3ccnc3)=C(C(=O)O)N1C(=O)[C@@H]2C(C)O. The molecule has 22 heavy (non-hydrogen) atoms. The maximum atomic E-state index is 12.4. The smallest absolute Gasteiger partial charge is 0.355 e. The zero-order chi connectivity index (χ0) is 16.1. The number of carboxylic acid groups (broad SMARTS) is 1. The number of hydrogen-bond acceptors (Lipinski definition) is 5. The van der Waals surface area contributed by atoms with E-state index >= 15 is 0 Å². The number of rotatable bonds is 5. The first-order chi connectivity index (χ1) is 10.4. The summed E-state index contributed by atoms with van der Waals surface area (Å²) in [4.78, 5) is 28.4. The van der Waals surface area contributed by atoms with Gasteiger partial charge in [0.2, 0.25) is 5.91 Å². The lowest BCUT2D eigenvalue weighted by atomic mass is 9.80. The third-order valence-corrected chi connectivity index (χ3v) is 5.47. The summed E-state index contributed by atoms with van der Waals surface area (Å²) in [5.74, 6) is -2.22. The van der Waals surface area contributed by atoms with Gasteiger partial charge in [0.1, 0.15) is 9.90 Å². The zero-order valence-electron chi connectivity index (χ0n) is 11.8. The number of nitrogens with zero attached hydrogens (tertiary/aromatic N) is 3. The zero-order valence-corrected chi connectivity index (χ0v) is 12.7. The van der Waals surface area contributed by atoms with Crippen LogP contribution >= 0.6 is 11.8 Å². The normalized spacial score (nSPS) is 28.4. The third-order valence-electron chi connectivity index (χ3n) is 3.91. The molecule has 0 spiro atoms. The summed E-state index contributed by atoms with van der Waals surface area (Å²) in [6.07, 6.45) is 5.80. The fourth-order valence-electron chi connectivity index (χ4n) is 3.10. The van der Waals surface area contributed by atoms with Gasteiger partial charge in [0, 0.05) is 12.4 Å². The highest BCUT2D eigenvalue weighted by atomic mass is 32.2. The molecule has 3 rings (SSSR count). The molecule has 2 N–H and O–H groups in total. The Hall–Kier alpha value is -2.06. The number of aromatic nitrogens is 2. The molecule has 3 atom stereocenters. The predicted octanol–water partition coefficient (Wildman–Crippen LogP) is 0.952. The molecule has 1 amide bonds. The van der Waals surface area contributed by atoms with E-state index in [-0.39, 0.29) is 11.6 Å². The van der Waals surface area contributed by atoms with Crippen LogP contribution in [0.5, 0.6) is 0 Å². The Bertz CT molecular complexity index is 682. The fourth-order valence-corrected chi connectivity index (χ4v) is 4.82. The van der Waals surface area contributed by atoms with Crippen molar-refractivity contribution in [2.75, 3.05) is 0 Å². The van der Waals surface area contributed by atoms with Crippen LogP contribution in [-0.2, 0) is 9.59 Å². The van der Waals surface area contributed by atoms with E-state index in [2.05, 4.69) is 11.6 Å². The van der Waals surface area contributed by atoms with Gasteiger partial charge in [-0.15, -0.1) is 6.58 Å². The molecule has 0 bridgehead atoms. The van der Waals surface area contributed by atoms with Crippen molar-refractivity contribution in [3.8, 4) is 0 Å². The summed E-state index contributed by atoms with van der Waals surface area (Å²) >= 11 is 1.26. The summed E-state index contributed by atoms with van der Waals surface area (Å²) in [5.41, 5.74) is -0.0771. The van der Waals surface area contributed by atoms with Gasteiger partial charge in [0.25, 0.3) is 0 Å². The van der Waals surface area contributed by atoms with Crippen LogP contribution in [0, 0.1) is 5.92 Å². The first kappa shape index (κ1) is 14.9. The number of amides is 1. The molecule has 1 fully saturated rings. The molecule has 0 aliphatic carbocycles. The highest BCUT2D eigenvalue weighted by molar-refractivity contribution is 8.09. The first-order valence-electron chi connectivity index (χ1n) is 6.72. The summed E-state index contributed by atoms with van der Waals surface area (Å²) in [7, 11) is 0. The number of hydrogen-bond donors (Lipinski definition) is 2. The Morgan fingerprint density at radius 1 is 1.68 bits per heavy atom. The van der Waals surface area contributed by atoms with Gasteiger partial charge in [-0.25, -0.2) is 9.78 Å². The Morgan fingerprint density at radius 3 is 2.91 bits per heavy atom. The molecule has 1 aromatic rings. The van der Waals surface area contributed by atoms with Crippen LogP contribution in [0.15, 0.2) is 37.1 Å². The lowest BCUT2D eigenvalue weighted by Crippen LogP contribution is -2.69. The molecule has 2 aliphatic heterocycles. The molecule has 0 saturated carbocycles. The Labute approximate surface area is 130 Å². The monoisotopic (exact) mass is 321 g/mol. The van der Waals surface area contributed by atoms with Crippen molar-refractivity contribution in [3.63, 3.8) is 0 Å². The maximum Gasteiger partial charge on any atom is 0.355 e. The van der Waals surface area contributed by atoms with E-state index in [1.165, 1.54) is 29.2 Å². The number of thioether (sulfide) groups is 1. The largest absolute Gasteiger partial charge is 0.476 e. The second-order valence-corrected chi connectivity index (χ2v) is 6.56. The van der Waals surface area contributed by atoms with Crippen molar-refractivity contribution in [2.45, 2.75) is 24.3 Å². The van der Waals surface area contributed by atoms with Crippen molar-refractivity contribution in [1.29, 1.82) is 0 Å². The molecule has 7 nitrogen and oxygen atoms in total. The number of imidazole rings is 1. The second-order valence-electron chi connectivity index (χ2n) is 5.26. The van der Waals surface area contributed by atoms with E-state index in [1.807, 2.05) is 0 Å². The van der Waals surface area contributed by atoms with Crippen LogP contribution in [0.4, 0.5) is 0 Å². The van der Waals surface area contributed by atoms with Crippen molar-refractivity contribution >= 4 is 28.7 Å². The third kappa shape index (κ3) is 1.77. The molecule has 3 heterocycles. The number of carbonyl (C=O) groups excluding carboxylic acids is 1. The predicted molar refractivity (Wildman–Crippen MR) is 80.2 cm³/mol. The number of aliphatic hydroxyl groups excluding tert-OH is 1. The van der Waals surface area contributed by atoms with E-state index in [4.69, 9.17) is 0 Å². The van der Waals surface area contributed by atoms with Gasteiger partial charge < -0.3 is 10.2 Å². The maximum absolute atomic E-state index is 12.4. The first-order valence-corrected chi connectivity index (χ1v) is 7.53. The van der Waals surface area contributed by atoms with E-state index in [1.54, 1.807) is 23.8 Å². The van der Waals surface area contributed by atoms with Crippen molar-refractivity contribution in [2.24, 2.45) is 5.92 Å². The quantitative estimate of drug-likeness (QED) is 0.619. The highest BCUT2D eigenvalue weighted by Crippen LogP contribution is 2.61. The molecule has 1 unspecified atom stereocenters. The molecule has 0 radical (unpaired) electrons. The molecule has 1 aromatic heterocycles. The lowest BCUT2D eigenvalue weighted by molar-refractivity contribution is -0.166. The van der Waals surface area contributed by atoms with Gasteiger partial charge in [0.05, 0.1) is 18.3 Å². The number of fused-ring (bicyclic) bond motifs is 1. The average Bonchev–Trinajstić information content (AvgIpc) is 3.02. The van der Waals surface area contributed by atoms with Crippen molar-refractivity contribution in [3.05, 3.63) is 37.1 Å². The van der Waals surface area contributed by atoms with E-state index in [9.17, 15) is 19.8 Å². The van der Waals surface area contributed by atoms with Crippen LogP contribution in [0.1, 0.15) is 13.3 Å². The minimum absolute atomic E-state index is 0.0771. The molecule has 0 aromatic carbocycles. The van der Waals surface area contributed by atoms with Gasteiger partial charge in [-0.3, -0.25) is 14.3 Å². The number of aliphatic carboxylic acids is 1. The summed E-state index contributed by atoms with van der Waals surface area (Å²) in [6, 6.07) is 0. The summed E-state index contributed by atoms with van der Waals surface area (Å²) in [6.45, 7) is 5.24. The Balaban J connectivity index is 2.12. The number of β-lactam (4-membered cyclic amide) rings is 1. The molecular formula is C14H15N3O4S. The lowest BCUT2D eigenvalue weighted by Gasteiger charge is -2.53. The van der Waals surface area contributed by atoms with Gasteiger partial charge in [-0.05, 0) is 13.3 Å². The number of carboxylic acids is 1. The standard InChI is InChI=1S/C14H15N3O4S/c1-3-4-14-9(8(2)18)11(19)17(14)10(13(20)21)12(22-14)16-6-5-15-7-16/h3,5-9,18H,1,4H2,2H3,(H,20,21)/t8?,9-,14+/m0/s1. The summed E-state index contributed by atoms with van der Waals surface area (Å²) in [5, 5.41) is 19.9. The van der Waals surface area contributed by atoms with Gasteiger partial charge >= 0.3 is 5.97 Å². The van der Waals surface area contributed by atoms with Gasteiger partial charge in [-0.2, -0.15) is 0 Å². The van der Waals surface area contributed by atoms with Crippen molar-refractivity contribution < 1.29 is 19.8 Å². The van der Waals surface area contributed by atoms with Crippen LogP contribution in [-0.4, -0.2) is 47.5 Å². The van der Waals surface area contributed by atoms with Crippen molar-refractivity contribution in [1.82, 2.24) is 14.5 Å². The van der Waals surface area contributed by atoms with Crippen LogP contribution in [0.25, 0.3) is 5.03 Å². The van der Waals surface area contributed by atoms with E-state index in [0.29, 0.717) is 11.4 Å². The van der Waals surface area contributed by atoms with E-state index in [0.717, 1.165) is 0 Å². The number of carbonyl (C=O) groups is 2. The highest BCUT2D eigenvalue weighted by Gasteiger charge is 2.68. The summed E-state index contributed by atoms with van der Waals surface area (Å²) < 4.78 is 1.57. The molecule has 1 saturated heterocycles. The molecule has 8 heteroatoms. The topological polar surface area (TPSA) is 95.7 Å². The average molecular weight is 321 g/mol. The molecular weight excluding hydrogens is 306 g/mol. The van der Waals surface area contributed by atoms with Gasteiger partial charge in [-0.1, -0.05) is 17.8 Å². The minimum atomic E-state index is -1.18. The number of aliphatic hydroxyl groups is 1. The minimum Gasteiger partial charge on any atom is -0.476 e. The molecule has 116 valence electrons. The fraction of sp³-hybridized carbons (Fsp3) is 0.357. The Kier molecular flexibility index (Phi) is 3.37. The second kappa shape index (κ2) is 4.99. The van der Waals surface area contributed by atoms with Crippen LogP contribution in [0.2, 0.25) is 0 Å². The van der Waals surface area contributed by atoms with E-state index < -0.39 is 22.9 Å². The Morgan fingerprint density at radius 2 is 2.41 bits per heavy atom.